The minimum atomic E-state index is -0.572. The second-order valence-corrected chi connectivity index (χ2v) is 4.48. The van der Waals surface area contributed by atoms with Gasteiger partial charge in [-0.05, 0) is 25.8 Å². The van der Waals surface area contributed by atoms with Crippen molar-refractivity contribution in [3.05, 3.63) is 39.4 Å². The lowest BCUT2D eigenvalue weighted by molar-refractivity contribution is -0.385. The molecule has 0 radical (unpaired) electrons. The van der Waals surface area contributed by atoms with Crippen LogP contribution in [0.4, 0.5) is 5.69 Å². The molecule has 1 fully saturated rings. The van der Waals surface area contributed by atoms with Gasteiger partial charge in [0.25, 0.3) is 11.6 Å². The molecule has 100 valence electrons. The van der Waals surface area contributed by atoms with Crippen LogP contribution in [-0.2, 0) is 4.79 Å². The van der Waals surface area contributed by atoms with Crippen molar-refractivity contribution in [1.82, 2.24) is 10.9 Å². The average Bonchev–Trinajstić information content (AvgIpc) is 3.20. The number of nitro groups is 1. The number of hydrazine groups is 1. The molecule has 1 aromatic carbocycles. The number of hydrogen-bond acceptors (Lipinski definition) is 4. The Balaban J connectivity index is 2.04. The minimum absolute atomic E-state index is 0.0207. The van der Waals surface area contributed by atoms with E-state index in [1.54, 1.807) is 6.92 Å². The zero-order valence-corrected chi connectivity index (χ0v) is 10.3. The Labute approximate surface area is 109 Å². The maximum absolute atomic E-state index is 11.7. The summed E-state index contributed by atoms with van der Waals surface area (Å²) >= 11 is 0. The predicted molar refractivity (Wildman–Crippen MR) is 66.2 cm³/mol. The molecule has 0 aromatic heterocycles. The topological polar surface area (TPSA) is 101 Å². The van der Waals surface area contributed by atoms with Crippen molar-refractivity contribution in [1.29, 1.82) is 0 Å². The van der Waals surface area contributed by atoms with E-state index in [2.05, 4.69) is 10.9 Å². The van der Waals surface area contributed by atoms with E-state index in [0.717, 1.165) is 12.8 Å². The summed E-state index contributed by atoms with van der Waals surface area (Å²) in [4.78, 5) is 33.3. The molecule has 0 heterocycles. The van der Waals surface area contributed by atoms with Gasteiger partial charge >= 0.3 is 0 Å². The van der Waals surface area contributed by atoms with Crippen molar-refractivity contribution in [2.45, 2.75) is 19.8 Å². The standard InChI is InChI=1S/C12H13N3O4/c1-7-2-3-9(6-10(7)15(18)19)12(17)14-13-11(16)8-4-5-8/h2-3,6,8H,4-5H2,1H3,(H,13,16)(H,14,17). The van der Waals surface area contributed by atoms with Crippen molar-refractivity contribution in [2.75, 3.05) is 0 Å². The number of nitrogens with one attached hydrogen (secondary N) is 2. The monoisotopic (exact) mass is 263 g/mol. The van der Waals surface area contributed by atoms with Crippen LogP contribution in [0.25, 0.3) is 0 Å². The first-order chi connectivity index (χ1) is 8.99. The third-order valence-electron chi connectivity index (χ3n) is 2.92. The lowest BCUT2D eigenvalue weighted by atomic mass is 10.1. The SMILES string of the molecule is Cc1ccc(C(=O)NNC(=O)C2CC2)cc1[N+](=O)[O-]. The van der Waals surface area contributed by atoms with Crippen LogP contribution >= 0.6 is 0 Å². The van der Waals surface area contributed by atoms with E-state index in [-0.39, 0.29) is 23.1 Å². The molecular formula is C12H13N3O4. The maximum atomic E-state index is 11.7. The molecule has 1 aliphatic rings. The molecule has 7 heteroatoms. The molecule has 0 saturated heterocycles. The van der Waals surface area contributed by atoms with Crippen LogP contribution in [0.2, 0.25) is 0 Å². The minimum Gasteiger partial charge on any atom is -0.273 e. The van der Waals surface area contributed by atoms with Gasteiger partial charge in [0.15, 0.2) is 0 Å². The Morgan fingerprint density at radius 2 is 2.00 bits per heavy atom. The summed E-state index contributed by atoms with van der Waals surface area (Å²) in [5.74, 6) is -0.820. The number of nitro benzene ring substituents is 1. The van der Waals surface area contributed by atoms with E-state index in [4.69, 9.17) is 0 Å². The summed E-state index contributed by atoms with van der Waals surface area (Å²) in [5, 5.41) is 10.8. The molecule has 0 unspecified atom stereocenters. The van der Waals surface area contributed by atoms with Gasteiger partial charge in [-0.25, -0.2) is 0 Å². The van der Waals surface area contributed by atoms with E-state index in [1.807, 2.05) is 0 Å². The number of carbonyl (C=O) groups excluding carboxylic acids is 2. The summed E-state index contributed by atoms with van der Waals surface area (Å²) in [5.41, 5.74) is 5.03. The second kappa shape index (κ2) is 5.05. The number of nitrogens with zero attached hydrogens (tertiary/aromatic N) is 1. The first-order valence-corrected chi connectivity index (χ1v) is 5.84. The summed E-state index contributed by atoms with van der Waals surface area (Å²) in [6, 6.07) is 4.16. The highest BCUT2D eigenvalue weighted by Gasteiger charge is 2.29. The lowest BCUT2D eigenvalue weighted by Gasteiger charge is -2.07. The van der Waals surface area contributed by atoms with Gasteiger partial charge < -0.3 is 0 Å². The summed E-state index contributed by atoms with van der Waals surface area (Å²) in [6.07, 6.45) is 1.66. The summed E-state index contributed by atoms with van der Waals surface area (Å²) in [7, 11) is 0. The van der Waals surface area contributed by atoms with Crippen LogP contribution in [0.15, 0.2) is 18.2 Å². The highest BCUT2D eigenvalue weighted by atomic mass is 16.6. The van der Waals surface area contributed by atoms with Crippen molar-refractivity contribution in [2.24, 2.45) is 5.92 Å². The fourth-order valence-electron chi connectivity index (χ4n) is 1.59. The Bertz CT molecular complexity index is 552. The molecule has 0 bridgehead atoms. The molecule has 19 heavy (non-hydrogen) atoms. The molecule has 2 N–H and O–H groups in total. The molecule has 1 saturated carbocycles. The van der Waals surface area contributed by atoms with Gasteiger partial charge in [0, 0.05) is 23.1 Å². The van der Waals surface area contributed by atoms with Crippen molar-refractivity contribution in [3.63, 3.8) is 0 Å². The first kappa shape index (κ1) is 13.0. The molecule has 7 nitrogen and oxygen atoms in total. The Morgan fingerprint density at radius 1 is 1.32 bits per heavy atom. The zero-order valence-electron chi connectivity index (χ0n) is 10.3. The van der Waals surface area contributed by atoms with Crippen LogP contribution in [0.5, 0.6) is 0 Å². The lowest BCUT2D eigenvalue weighted by Crippen LogP contribution is -2.42. The van der Waals surface area contributed by atoms with Gasteiger partial charge in [0.1, 0.15) is 0 Å². The van der Waals surface area contributed by atoms with Gasteiger partial charge in [0.05, 0.1) is 4.92 Å². The largest absolute Gasteiger partial charge is 0.273 e. The normalized spacial score (nSPS) is 13.7. The third kappa shape index (κ3) is 3.06. The van der Waals surface area contributed by atoms with Gasteiger partial charge in [-0.3, -0.25) is 30.6 Å². The van der Waals surface area contributed by atoms with E-state index < -0.39 is 10.8 Å². The van der Waals surface area contributed by atoms with Gasteiger partial charge in [-0.2, -0.15) is 0 Å². The molecule has 1 aromatic rings. The number of amides is 2. The molecule has 0 spiro atoms. The van der Waals surface area contributed by atoms with Crippen molar-refractivity contribution >= 4 is 17.5 Å². The van der Waals surface area contributed by atoms with Crippen LogP contribution in [0.3, 0.4) is 0 Å². The summed E-state index contributed by atoms with van der Waals surface area (Å²) < 4.78 is 0. The third-order valence-corrected chi connectivity index (χ3v) is 2.92. The molecule has 0 aliphatic heterocycles. The van der Waals surface area contributed by atoms with Crippen molar-refractivity contribution in [3.8, 4) is 0 Å². The number of rotatable bonds is 3. The number of benzene rings is 1. The van der Waals surface area contributed by atoms with E-state index in [0.29, 0.717) is 5.56 Å². The smallest absolute Gasteiger partial charge is 0.273 e. The number of hydrogen-bond donors (Lipinski definition) is 2. The highest BCUT2D eigenvalue weighted by Crippen LogP contribution is 2.28. The van der Waals surface area contributed by atoms with Gasteiger partial charge in [-0.15, -0.1) is 0 Å². The Hall–Kier alpha value is -2.44. The first-order valence-electron chi connectivity index (χ1n) is 5.84. The maximum Gasteiger partial charge on any atom is 0.273 e. The fourth-order valence-corrected chi connectivity index (χ4v) is 1.59. The van der Waals surface area contributed by atoms with Crippen LogP contribution in [-0.4, -0.2) is 16.7 Å². The number of aryl methyl sites for hydroxylation is 1. The Kier molecular flexibility index (Phi) is 3.46. The van der Waals surface area contributed by atoms with Crippen LogP contribution in [0.1, 0.15) is 28.8 Å². The van der Waals surface area contributed by atoms with E-state index in [1.165, 1.54) is 18.2 Å². The molecule has 2 rings (SSSR count). The van der Waals surface area contributed by atoms with E-state index in [9.17, 15) is 19.7 Å². The second-order valence-electron chi connectivity index (χ2n) is 4.48. The Morgan fingerprint density at radius 3 is 2.58 bits per heavy atom. The molecule has 0 atom stereocenters. The summed E-state index contributed by atoms with van der Waals surface area (Å²) in [6.45, 7) is 1.59. The quantitative estimate of drug-likeness (QED) is 0.629. The zero-order chi connectivity index (χ0) is 14.0. The number of carbonyl (C=O) groups is 2. The fraction of sp³-hybridized carbons (Fsp3) is 0.333. The average molecular weight is 263 g/mol. The molecule has 1 aliphatic carbocycles. The van der Waals surface area contributed by atoms with Gasteiger partial charge in [-0.1, -0.05) is 6.07 Å². The van der Waals surface area contributed by atoms with Crippen molar-refractivity contribution < 1.29 is 14.5 Å². The van der Waals surface area contributed by atoms with Crippen LogP contribution in [0, 0.1) is 23.0 Å². The highest BCUT2D eigenvalue weighted by molar-refractivity contribution is 5.96. The predicted octanol–water partition coefficient (Wildman–Crippen LogP) is 1.07. The van der Waals surface area contributed by atoms with Crippen LogP contribution < -0.4 is 10.9 Å². The molecule has 2 amide bonds. The van der Waals surface area contributed by atoms with Gasteiger partial charge in [0.2, 0.25) is 5.91 Å². The molecular weight excluding hydrogens is 250 g/mol. The van der Waals surface area contributed by atoms with E-state index >= 15 is 0 Å².